The molecule has 0 radical (unpaired) electrons. The third-order valence-corrected chi connectivity index (χ3v) is 2.43. The largest absolute Gasteiger partial charge is 0.346 e. The molecule has 1 N–H and O–H groups in total. The second kappa shape index (κ2) is 6.40. The SMILES string of the molecule is Cc1ccc(CC[PH](=O)O)cc1.[AlH3]. The van der Waals surface area contributed by atoms with Crippen molar-refractivity contribution < 1.29 is 9.46 Å². The lowest BCUT2D eigenvalue weighted by Gasteiger charge is -1.98. The van der Waals surface area contributed by atoms with Crippen molar-refractivity contribution in [2.45, 2.75) is 13.3 Å². The van der Waals surface area contributed by atoms with Crippen LogP contribution in [0, 0.1) is 6.92 Å². The predicted octanol–water partition coefficient (Wildman–Crippen LogP) is 0.821. The average Bonchev–Trinajstić information content (AvgIpc) is 2.03. The maximum atomic E-state index is 10.4. The van der Waals surface area contributed by atoms with Gasteiger partial charge in [-0.05, 0) is 18.9 Å². The Bertz CT molecular complexity index is 271. The van der Waals surface area contributed by atoms with Crippen LogP contribution in [-0.2, 0) is 11.0 Å². The lowest BCUT2D eigenvalue weighted by Crippen LogP contribution is -1.87. The van der Waals surface area contributed by atoms with Gasteiger partial charge in [-0.25, -0.2) is 0 Å². The molecule has 0 aromatic heterocycles. The van der Waals surface area contributed by atoms with E-state index in [1.165, 1.54) is 5.56 Å². The van der Waals surface area contributed by atoms with Gasteiger partial charge < -0.3 is 4.89 Å². The normalized spacial score (nSPS) is 11.8. The lowest BCUT2D eigenvalue weighted by atomic mass is 10.1. The Kier molecular flexibility index (Phi) is 6.38. The molecule has 1 atom stereocenters. The zero-order valence-corrected chi connectivity index (χ0v) is 8.08. The van der Waals surface area contributed by atoms with Crippen molar-refractivity contribution in [3.8, 4) is 0 Å². The molecule has 2 nitrogen and oxygen atoms in total. The van der Waals surface area contributed by atoms with E-state index >= 15 is 0 Å². The minimum Gasteiger partial charge on any atom is -0.346 e. The molecular formula is C9H16AlO2P. The molecule has 4 heteroatoms. The molecule has 72 valence electrons. The molecule has 0 saturated carbocycles. The summed E-state index contributed by atoms with van der Waals surface area (Å²) in [6.07, 6.45) is 1.10. The second-order valence-corrected chi connectivity index (χ2v) is 4.17. The molecule has 0 bridgehead atoms. The van der Waals surface area contributed by atoms with Crippen molar-refractivity contribution in [3.05, 3.63) is 35.4 Å². The predicted molar refractivity (Wildman–Crippen MR) is 60.9 cm³/mol. The third-order valence-electron chi connectivity index (χ3n) is 1.75. The van der Waals surface area contributed by atoms with Crippen LogP contribution in [0.2, 0.25) is 0 Å². The number of benzene rings is 1. The first kappa shape index (κ1) is 12.9. The zero-order chi connectivity index (χ0) is 8.97. The van der Waals surface area contributed by atoms with E-state index < -0.39 is 8.03 Å². The smallest absolute Gasteiger partial charge is 0.189 e. The quantitative estimate of drug-likeness (QED) is 0.597. The first-order valence-electron chi connectivity index (χ1n) is 3.96. The van der Waals surface area contributed by atoms with Gasteiger partial charge in [0.2, 0.25) is 0 Å². The van der Waals surface area contributed by atoms with E-state index in [4.69, 9.17) is 4.89 Å². The van der Waals surface area contributed by atoms with Crippen LogP contribution in [-0.4, -0.2) is 28.4 Å². The number of hydrogen-bond donors (Lipinski definition) is 1. The minimum atomic E-state index is -2.29. The first-order chi connectivity index (χ1) is 5.68. The Balaban J connectivity index is 0.00000144. The van der Waals surface area contributed by atoms with E-state index in [0.29, 0.717) is 12.6 Å². The molecule has 1 rings (SSSR count). The fourth-order valence-corrected chi connectivity index (χ4v) is 1.51. The van der Waals surface area contributed by atoms with Crippen LogP contribution in [0.15, 0.2) is 24.3 Å². The summed E-state index contributed by atoms with van der Waals surface area (Å²) < 4.78 is 10.4. The molecule has 1 aromatic rings. The highest BCUT2D eigenvalue weighted by molar-refractivity contribution is 7.37. The summed E-state index contributed by atoms with van der Waals surface area (Å²) in [5.41, 5.74) is 2.35. The van der Waals surface area contributed by atoms with Crippen molar-refractivity contribution in [2.75, 3.05) is 6.16 Å². The van der Waals surface area contributed by atoms with E-state index in [0.717, 1.165) is 5.56 Å². The van der Waals surface area contributed by atoms with Gasteiger partial charge >= 0.3 is 0 Å². The Hall–Kier alpha value is -0.0575. The van der Waals surface area contributed by atoms with Crippen LogP contribution in [0.1, 0.15) is 11.1 Å². The standard InChI is InChI=1S/C9H13O2P.Al.3H/c1-8-2-4-9(5-3-8)6-7-12(10)11;;;;/h2-5,12H,6-7H2,1H3,(H,10,11);;;;. The van der Waals surface area contributed by atoms with Gasteiger partial charge in [-0.15, -0.1) is 0 Å². The minimum absolute atomic E-state index is 0. The summed E-state index contributed by atoms with van der Waals surface area (Å²) >= 11 is 0. The molecule has 1 aromatic carbocycles. The van der Waals surface area contributed by atoms with Gasteiger partial charge in [-0.3, -0.25) is 4.57 Å². The molecule has 0 fully saturated rings. The molecule has 0 saturated heterocycles. The van der Waals surface area contributed by atoms with Crippen molar-refractivity contribution in [3.63, 3.8) is 0 Å². The van der Waals surface area contributed by atoms with Gasteiger partial charge in [-0.2, -0.15) is 0 Å². The zero-order valence-electron chi connectivity index (χ0n) is 7.08. The lowest BCUT2D eigenvalue weighted by molar-refractivity contribution is 0.502. The molecule has 0 amide bonds. The van der Waals surface area contributed by atoms with Crippen molar-refractivity contribution >= 4 is 25.4 Å². The summed E-state index contributed by atoms with van der Waals surface area (Å²) in [6, 6.07) is 8.04. The maximum absolute atomic E-state index is 10.4. The topological polar surface area (TPSA) is 37.3 Å². The molecular weight excluding hydrogens is 198 g/mol. The van der Waals surface area contributed by atoms with E-state index in [2.05, 4.69) is 0 Å². The van der Waals surface area contributed by atoms with E-state index in [-0.39, 0.29) is 17.4 Å². The molecule has 0 aliphatic rings. The molecule has 13 heavy (non-hydrogen) atoms. The van der Waals surface area contributed by atoms with Crippen LogP contribution < -0.4 is 0 Å². The molecule has 1 unspecified atom stereocenters. The summed E-state index contributed by atoms with van der Waals surface area (Å²) in [7, 11) is -2.29. The van der Waals surface area contributed by atoms with Gasteiger partial charge in [-0.1, -0.05) is 29.8 Å². The Morgan fingerprint density at radius 2 is 1.85 bits per heavy atom. The summed E-state index contributed by atoms with van der Waals surface area (Å²) in [4.78, 5) is 8.61. The van der Waals surface area contributed by atoms with Crippen LogP contribution in [0.5, 0.6) is 0 Å². The van der Waals surface area contributed by atoms with Gasteiger partial charge in [0.25, 0.3) is 0 Å². The molecule has 0 heterocycles. The van der Waals surface area contributed by atoms with Crippen LogP contribution in [0.4, 0.5) is 0 Å². The number of rotatable bonds is 3. The number of aryl methyl sites for hydroxylation is 2. The van der Waals surface area contributed by atoms with Gasteiger partial charge in [0.15, 0.2) is 25.4 Å². The monoisotopic (exact) mass is 214 g/mol. The van der Waals surface area contributed by atoms with Gasteiger partial charge in [0, 0.05) is 6.16 Å². The van der Waals surface area contributed by atoms with Crippen molar-refractivity contribution in [1.29, 1.82) is 0 Å². The van der Waals surface area contributed by atoms with Gasteiger partial charge in [0.05, 0.1) is 0 Å². The second-order valence-electron chi connectivity index (χ2n) is 2.88. The van der Waals surface area contributed by atoms with Gasteiger partial charge in [0.1, 0.15) is 0 Å². The Labute approximate surface area is 90.0 Å². The fraction of sp³-hybridized carbons (Fsp3) is 0.333. The fourth-order valence-electron chi connectivity index (χ4n) is 1.01. The summed E-state index contributed by atoms with van der Waals surface area (Å²) in [5.74, 6) is 0. The van der Waals surface area contributed by atoms with E-state index in [1.807, 2.05) is 31.2 Å². The average molecular weight is 214 g/mol. The summed E-state index contributed by atoms with van der Waals surface area (Å²) in [6.45, 7) is 2.03. The number of hydrogen-bond acceptors (Lipinski definition) is 1. The maximum Gasteiger partial charge on any atom is 0.189 e. The van der Waals surface area contributed by atoms with Crippen LogP contribution >= 0.6 is 8.03 Å². The Morgan fingerprint density at radius 1 is 1.31 bits per heavy atom. The summed E-state index contributed by atoms with van der Waals surface area (Å²) in [5, 5.41) is 0. The van der Waals surface area contributed by atoms with Crippen LogP contribution in [0.25, 0.3) is 0 Å². The van der Waals surface area contributed by atoms with E-state index in [9.17, 15) is 4.57 Å². The van der Waals surface area contributed by atoms with Crippen molar-refractivity contribution in [1.82, 2.24) is 0 Å². The van der Waals surface area contributed by atoms with E-state index in [1.54, 1.807) is 0 Å². The Morgan fingerprint density at radius 3 is 2.31 bits per heavy atom. The molecule has 0 aliphatic heterocycles. The third kappa shape index (κ3) is 5.29. The van der Waals surface area contributed by atoms with Crippen LogP contribution in [0.3, 0.4) is 0 Å². The first-order valence-corrected chi connectivity index (χ1v) is 5.52. The highest BCUT2D eigenvalue weighted by Crippen LogP contribution is 2.15. The highest BCUT2D eigenvalue weighted by Gasteiger charge is 1.95. The highest BCUT2D eigenvalue weighted by atomic mass is 31.1. The molecule has 0 aliphatic carbocycles. The molecule has 0 spiro atoms. The van der Waals surface area contributed by atoms with Crippen molar-refractivity contribution in [2.24, 2.45) is 0 Å².